The summed E-state index contributed by atoms with van der Waals surface area (Å²) >= 11 is 0. The molecule has 0 aliphatic rings. The van der Waals surface area contributed by atoms with Crippen molar-refractivity contribution in [1.82, 2.24) is 10.6 Å². The van der Waals surface area contributed by atoms with Crippen LogP contribution in [0.15, 0.2) is 24.3 Å². The first kappa shape index (κ1) is 21.3. The van der Waals surface area contributed by atoms with Crippen LogP contribution in [-0.2, 0) is 9.59 Å². The van der Waals surface area contributed by atoms with Crippen LogP contribution in [-0.4, -0.2) is 30.8 Å². The summed E-state index contributed by atoms with van der Waals surface area (Å²) in [6.07, 6.45) is -0.122. The highest BCUT2D eigenvalue weighted by Crippen LogP contribution is 2.18. The van der Waals surface area contributed by atoms with E-state index >= 15 is 0 Å². The molecule has 130 valence electrons. The molecule has 0 radical (unpaired) electrons. The number of alkyl halides is 2. The average molecular weight is 350 g/mol. The van der Waals surface area contributed by atoms with Crippen LogP contribution in [0.5, 0.6) is 0 Å². The van der Waals surface area contributed by atoms with Gasteiger partial charge in [-0.05, 0) is 12.5 Å². The van der Waals surface area contributed by atoms with E-state index in [1.165, 1.54) is 6.92 Å². The quantitative estimate of drug-likeness (QED) is 0.700. The fourth-order valence-corrected chi connectivity index (χ4v) is 1.85. The lowest BCUT2D eigenvalue weighted by molar-refractivity contribution is -0.124. The Hall–Kier alpha value is -1.73. The molecule has 1 rings (SSSR count). The molecule has 1 aromatic carbocycles. The molecule has 0 fully saturated rings. The number of carbonyl (C=O) groups excluding carboxylic acids is 2. The SMILES string of the molecule is CC(=O)NC(CC(=O)NCC(F)(F)CN)c1ccc(C)cc1.Cl. The molecule has 1 aromatic rings. The molecule has 5 nitrogen and oxygen atoms in total. The van der Waals surface area contributed by atoms with Crippen LogP contribution >= 0.6 is 12.4 Å². The van der Waals surface area contributed by atoms with E-state index in [4.69, 9.17) is 5.73 Å². The van der Waals surface area contributed by atoms with E-state index in [1.54, 1.807) is 12.1 Å². The van der Waals surface area contributed by atoms with Gasteiger partial charge in [0.05, 0.1) is 25.6 Å². The molecule has 0 aliphatic carbocycles. The van der Waals surface area contributed by atoms with Gasteiger partial charge < -0.3 is 16.4 Å². The summed E-state index contributed by atoms with van der Waals surface area (Å²) in [7, 11) is 0. The third-order valence-electron chi connectivity index (χ3n) is 3.09. The van der Waals surface area contributed by atoms with E-state index in [1.807, 2.05) is 19.1 Å². The second kappa shape index (κ2) is 9.42. The first-order valence-corrected chi connectivity index (χ1v) is 6.92. The number of rotatable bonds is 7. The molecule has 0 bridgehead atoms. The molecule has 1 unspecified atom stereocenters. The van der Waals surface area contributed by atoms with Crippen molar-refractivity contribution in [2.45, 2.75) is 32.2 Å². The molecule has 0 spiro atoms. The lowest BCUT2D eigenvalue weighted by Gasteiger charge is -2.20. The third kappa shape index (κ3) is 7.90. The Balaban J connectivity index is 0.00000484. The first-order valence-electron chi connectivity index (χ1n) is 6.92. The van der Waals surface area contributed by atoms with Crippen LogP contribution in [0.25, 0.3) is 0 Å². The van der Waals surface area contributed by atoms with E-state index < -0.39 is 31.0 Å². The van der Waals surface area contributed by atoms with E-state index in [0.717, 1.165) is 11.1 Å². The van der Waals surface area contributed by atoms with Gasteiger partial charge in [-0.15, -0.1) is 12.4 Å². The molecular formula is C15H22ClF2N3O2. The topological polar surface area (TPSA) is 84.2 Å². The Morgan fingerprint density at radius 2 is 1.83 bits per heavy atom. The lowest BCUT2D eigenvalue weighted by atomic mass is 10.0. The van der Waals surface area contributed by atoms with Gasteiger partial charge in [0.15, 0.2) is 0 Å². The molecule has 0 heterocycles. The highest BCUT2D eigenvalue weighted by molar-refractivity contribution is 5.85. The zero-order chi connectivity index (χ0) is 16.8. The van der Waals surface area contributed by atoms with Crippen LogP contribution in [0.3, 0.4) is 0 Å². The Labute approximate surface area is 140 Å². The van der Waals surface area contributed by atoms with Gasteiger partial charge >= 0.3 is 0 Å². The lowest BCUT2D eigenvalue weighted by Crippen LogP contribution is -2.42. The van der Waals surface area contributed by atoms with Crippen LogP contribution in [0.4, 0.5) is 8.78 Å². The molecule has 0 saturated heterocycles. The highest BCUT2D eigenvalue weighted by atomic mass is 35.5. The van der Waals surface area contributed by atoms with Crippen molar-refractivity contribution >= 4 is 24.2 Å². The minimum atomic E-state index is -3.14. The van der Waals surface area contributed by atoms with E-state index in [-0.39, 0.29) is 24.7 Å². The summed E-state index contributed by atoms with van der Waals surface area (Å²) in [6.45, 7) is 1.60. The van der Waals surface area contributed by atoms with Crippen molar-refractivity contribution < 1.29 is 18.4 Å². The predicted molar refractivity (Wildman–Crippen MR) is 86.6 cm³/mol. The highest BCUT2D eigenvalue weighted by Gasteiger charge is 2.27. The Bertz CT molecular complexity index is 524. The number of nitrogens with two attached hydrogens (primary N) is 1. The van der Waals surface area contributed by atoms with Gasteiger partial charge in [-0.2, -0.15) is 0 Å². The molecule has 4 N–H and O–H groups in total. The third-order valence-corrected chi connectivity index (χ3v) is 3.09. The number of hydrogen-bond donors (Lipinski definition) is 3. The van der Waals surface area contributed by atoms with Crippen molar-refractivity contribution in [3.8, 4) is 0 Å². The Morgan fingerprint density at radius 1 is 1.26 bits per heavy atom. The monoisotopic (exact) mass is 349 g/mol. The molecule has 23 heavy (non-hydrogen) atoms. The molecule has 0 aliphatic heterocycles. The van der Waals surface area contributed by atoms with Gasteiger partial charge in [-0.25, -0.2) is 8.78 Å². The van der Waals surface area contributed by atoms with E-state index in [0.29, 0.717) is 0 Å². The maximum absolute atomic E-state index is 13.0. The number of benzene rings is 1. The van der Waals surface area contributed by atoms with Crippen molar-refractivity contribution in [3.05, 3.63) is 35.4 Å². The maximum atomic E-state index is 13.0. The molecule has 0 saturated carbocycles. The summed E-state index contributed by atoms with van der Waals surface area (Å²) in [4.78, 5) is 23.1. The van der Waals surface area contributed by atoms with Crippen molar-refractivity contribution in [2.24, 2.45) is 5.73 Å². The number of carbonyl (C=O) groups is 2. The van der Waals surface area contributed by atoms with E-state index in [9.17, 15) is 18.4 Å². The largest absolute Gasteiger partial charge is 0.350 e. The average Bonchev–Trinajstić information content (AvgIpc) is 2.45. The van der Waals surface area contributed by atoms with Crippen LogP contribution in [0.2, 0.25) is 0 Å². The van der Waals surface area contributed by atoms with E-state index in [2.05, 4.69) is 10.6 Å². The summed E-state index contributed by atoms with van der Waals surface area (Å²) in [5.74, 6) is -4.01. The van der Waals surface area contributed by atoms with Crippen molar-refractivity contribution in [3.63, 3.8) is 0 Å². The number of nitrogens with one attached hydrogen (secondary N) is 2. The van der Waals surface area contributed by atoms with Crippen LogP contribution < -0.4 is 16.4 Å². The minimum Gasteiger partial charge on any atom is -0.350 e. The van der Waals surface area contributed by atoms with Crippen LogP contribution in [0, 0.1) is 6.92 Å². The fourth-order valence-electron chi connectivity index (χ4n) is 1.85. The summed E-state index contributed by atoms with van der Waals surface area (Å²) in [5, 5.41) is 4.78. The molecule has 0 aromatic heterocycles. The van der Waals surface area contributed by atoms with Gasteiger partial charge in [0.25, 0.3) is 5.92 Å². The second-order valence-corrected chi connectivity index (χ2v) is 5.20. The summed E-state index contributed by atoms with van der Waals surface area (Å²) in [5.41, 5.74) is 6.68. The van der Waals surface area contributed by atoms with Gasteiger partial charge in [-0.1, -0.05) is 29.8 Å². The van der Waals surface area contributed by atoms with Crippen molar-refractivity contribution in [1.29, 1.82) is 0 Å². The number of aryl methyl sites for hydroxylation is 1. The number of amides is 2. The smallest absolute Gasteiger partial charge is 0.277 e. The van der Waals surface area contributed by atoms with Gasteiger partial charge in [-0.3, -0.25) is 9.59 Å². The number of halogens is 3. The van der Waals surface area contributed by atoms with Gasteiger partial charge in [0.2, 0.25) is 11.8 Å². The van der Waals surface area contributed by atoms with Crippen molar-refractivity contribution in [2.75, 3.05) is 13.1 Å². The molecular weight excluding hydrogens is 328 g/mol. The standard InChI is InChI=1S/C15H21F2N3O2.ClH/c1-10-3-5-12(6-4-10)13(20-11(2)21)7-14(22)19-9-15(16,17)8-18;/h3-6,13H,7-9,18H2,1-2H3,(H,19,22)(H,20,21);1H. The minimum absolute atomic E-state index is 0. The normalized spacial score (nSPS) is 12.0. The molecule has 2 amide bonds. The van der Waals surface area contributed by atoms with Gasteiger partial charge in [0, 0.05) is 6.92 Å². The molecule has 8 heteroatoms. The first-order chi connectivity index (χ1) is 10.2. The number of hydrogen-bond acceptors (Lipinski definition) is 3. The maximum Gasteiger partial charge on any atom is 0.277 e. The van der Waals surface area contributed by atoms with Gasteiger partial charge in [0.1, 0.15) is 0 Å². The van der Waals surface area contributed by atoms with Crippen LogP contribution in [0.1, 0.15) is 30.5 Å². The fraction of sp³-hybridized carbons (Fsp3) is 0.467. The molecule has 1 atom stereocenters. The Morgan fingerprint density at radius 3 is 2.30 bits per heavy atom. The second-order valence-electron chi connectivity index (χ2n) is 5.20. The zero-order valence-corrected chi connectivity index (χ0v) is 13.9. The zero-order valence-electron chi connectivity index (χ0n) is 13.1. The summed E-state index contributed by atoms with van der Waals surface area (Å²) in [6, 6.07) is 6.72. The Kier molecular flexibility index (Phi) is 8.71. The summed E-state index contributed by atoms with van der Waals surface area (Å²) < 4.78 is 26.0. The predicted octanol–water partition coefficient (Wildman–Crippen LogP) is 1.69.